The third-order valence-corrected chi connectivity index (χ3v) is 7.24. The Kier molecular flexibility index (Phi) is 7.80. The zero-order valence-electron chi connectivity index (χ0n) is 17.0. The molecule has 2 aliphatic rings. The van der Waals surface area contributed by atoms with E-state index in [0.717, 1.165) is 16.0 Å². The summed E-state index contributed by atoms with van der Waals surface area (Å²) >= 11 is 7.51. The van der Waals surface area contributed by atoms with Crippen LogP contribution in [0.3, 0.4) is 0 Å². The number of esters is 1. The van der Waals surface area contributed by atoms with Gasteiger partial charge >= 0.3 is 11.9 Å². The lowest BCUT2D eigenvalue weighted by Gasteiger charge is -2.49. The first-order chi connectivity index (χ1) is 15.2. The fourth-order valence-electron chi connectivity index (χ4n) is 3.30. The van der Waals surface area contributed by atoms with Crippen LogP contribution in [-0.4, -0.2) is 61.9 Å². The molecule has 9 nitrogen and oxygen atoms in total. The van der Waals surface area contributed by atoms with Gasteiger partial charge in [0, 0.05) is 24.0 Å². The number of fused-ring (bicyclic) bond motifs is 1. The van der Waals surface area contributed by atoms with Crippen LogP contribution >= 0.6 is 35.7 Å². The lowest BCUT2D eigenvalue weighted by atomic mass is 10.0. The average Bonchev–Trinajstić information content (AvgIpc) is 2.74. The number of amides is 2. The van der Waals surface area contributed by atoms with Crippen molar-refractivity contribution in [2.24, 2.45) is 5.73 Å². The molecule has 2 unspecified atom stereocenters. The number of carboxylic acids is 1. The van der Waals surface area contributed by atoms with Crippen LogP contribution in [0, 0.1) is 0 Å². The molecule has 0 spiro atoms. The number of hydrogen-bond donors (Lipinski definition) is 3. The van der Waals surface area contributed by atoms with Crippen LogP contribution in [0.5, 0.6) is 0 Å². The van der Waals surface area contributed by atoms with Crippen molar-refractivity contribution in [1.82, 2.24) is 10.2 Å². The number of thiocarbonyl (C=S) groups is 1. The number of carbonyl (C=O) groups excluding carboxylic acids is 3. The molecule has 0 aliphatic carbocycles. The molecule has 1 saturated heterocycles. The zero-order chi connectivity index (χ0) is 23.4. The molecule has 3 rings (SSSR count). The number of benzene rings is 1. The topological polar surface area (TPSA) is 139 Å². The first-order valence-corrected chi connectivity index (χ1v) is 11.9. The number of nitrogens with two attached hydrogens (primary N) is 1. The Morgan fingerprint density at radius 3 is 2.56 bits per heavy atom. The number of nitrogens with zero attached hydrogens (tertiary/aromatic N) is 1. The van der Waals surface area contributed by atoms with Crippen molar-refractivity contribution in [1.29, 1.82) is 0 Å². The molecule has 12 heteroatoms. The summed E-state index contributed by atoms with van der Waals surface area (Å²) in [6.45, 7) is 1.03. The highest BCUT2D eigenvalue weighted by atomic mass is 32.2. The summed E-state index contributed by atoms with van der Waals surface area (Å²) in [4.78, 5) is 49.0. The van der Waals surface area contributed by atoms with E-state index in [-0.39, 0.29) is 30.4 Å². The lowest BCUT2D eigenvalue weighted by molar-refractivity contribution is -0.151. The number of β-lactam (4-membered cyclic amide) rings is 1. The monoisotopic (exact) mass is 495 g/mol. The summed E-state index contributed by atoms with van der Waals surface area (Å²) in [5, 5.41) is 11.8. The molecule has 1 fully saturated rings. The summed E-state index contributed by atoms with van der Waals surface area (Å²) in [5.74, 6) is -1.72. The van der Waals surface area contributed by atoms with Gasteiger partial charge in [0.15, 0.2) is 0 Å². The molecule has 0 aromatic heterocycles. The van der Waals surface area contributed by atoms with Gasteiger partial charge in [-0.25, -0.2) is 4.79 Å². The molecule has 2 aliphatic heterocycles. The van der Waals surface area contributed by atoms with Gasteiger partial charge < -0.3 is 20.9 Å². The molecule has 170 valence electrons. The number of carbonyl (C=O) groups is 4. The predicted octanol–water partition coefficient (Wildman–Crippen LogP) is 1.01. The second-order valence-corrected chi connectivity index (χ2v) is 9.91. The normalized spacial score (nSPS) is 19.7. The van der Waals surface area contributed by atoms with Crippen molar-refractivity contribution in [3.63, 3.8) is 0 Å². The molecule has 2 amide bonds. The zero-order valence-corrected chi connectivity index (χ0v) is 19.5. The van der Waals surface area contributed by atoms with Crippen LogP contribution in [0.2, 0.25) is 0 Å². The third-order valence-electron chi connectivity index (χ3n) is 4.78. The molecule has 2 heterocycles. The quantitative estimate of drug-likeness (QED) is 0.272. The van der Waals surface area contributed by atoms with Crippen molar-refractivity contribution in [3.05, 3.63) is 46.7 Å². The minimum atomic E-state index is -1.27. The number of carboxylic acid groups (broad SMARTS) is 1. The van der Waals surface area contributed by atoms with E-state index in [1.807, 2.05) is 24.3 Å². The van der Waals surface area contributed by atoms with Gasteiger partial charge in [-0.3, -0.25) is 19.3 Å². The second-order valence-electron chi connectivity index (χ2n) is 7.09. The molecular formula is C20H21N3O6S3. The maximum Gasteiger partial charge on any atom is 0.352 e. The first-order valence-electron chi connectivity index (χ1n) is 9.50. The SMILES string of the molecule is CC(=O)OCC1=C(C(=O)O)N2C(=O)C(NC(=O)Cc3ccc(CSC(N)=S)cc3)C2SC1. The standard InChI is InChI=1S/C20H21N3O6S3/c1-10(24)29-7-13-9-31-18-15(17(26)23(18)16(13)19(27)28)22-14(25)6-11-2-4-12(5-3-11)8-32-20(21)30/h2-5,15,18H,6-9H2,1H3,(H2,21,30)(H,22,25)(H,27,28). The Labute approximate surface area is 198 Å². The largest absolute Gasteiger partial charge is 0.477 e. The van der Waals surface area contributed by atoms with Crippen LogP contribution in [0.25, 0.3) is 0 Å². The van der Waals surface area contributed by atoms with Crippen molar-refractivity contribution in [2.45, 2.75) is 30.5 Å². The fourth-order valence-corrected chi connectivity index (χ4v) is 5.31. The molecule has 0 saturated carbocycles. The van der Waals surface area contributed by atoms with Gasteiger partial charge in [-0.2, -0.15) is 0 Å². The third kappa shape index (κ3) is 5.61. The predicted molar refractivity (Wildman–Crippen MR) is 125 cm³/mol. The molecule has 4 N–H and O–H groups in total. The number of hydrogen-bond acceptors (Lipinski definition) is 8. The smallest absolute Gasteiger partial charge is 0.352 e. The van der Waals surface area contributed by atoms with E-state index in [4.69, 9.17) is 22.7 Å². The molecule has 0 bridgehead atoms. The van der Waals surface area contributed by atoms with E-state index in [0.29, 0.717) is 15.6 Å². The van der Waals surface area contributed by atoms with E-state index >= 15 is 0 Å². The summed E-state index contributed by atoms with van der Waals surface area (Å²) in [7, 11) is 0. The van der Waals surface area contributed by atoms with Gasteiger partial charge in [0.1, 0.15) is 28.0 Å². The molecule has 0 radical (unpaired) electrons. The number of ether oxygens (including phenoxy) is 1. The van der Waals surface area contributed by atoms with Crippen LogP contribution in [0.4, 0.5) is 0 Å². The van der Waals surface area contributed by atoms with Gasteiger partial charge in [-0.1, -0.05) is 48.2 Å². The van der Waals surface area contributed by atoms with Gasteiger partial charge in [0.2, 0.25) is 5.91 Å². The highest BCUT2D eigenvalue weighted by molar-refractivity contribution is 8.22. The van der Waals surface area contributed by atoms with E-state index < -0.39 is 29.3 Å². The number of aliphatic carboxylic acids is 1. The van der Waals surface area contributed by atoms with E-state index in [1.165, 1.54) is 30.4 Å². The van der Waals surface area contributed by atoms with E-state index in [9.17, 15) is 24.3 Å². The van der Waals surface area contributed by atoms with Crippen LogP contribution in [0.1, 0.15) is 18.1 Å². The van der Waals surface area contributed by atoms with Gasteiger partial charge in [-0.05, 0) is 11.1 Å². The van der Waals surface area contributed by atoms with Gasteiger partial charge in [-0.15, -0.1) is 11.8 Å². The number of rotatable bonds is 8. The first kappa shape index (κ1) is 24.1. The summed E-state index contributed by atoms with van der Waals surface area (Å²) in [6.07, 6.45) is 0.0865. The molecule has 32 heavy (non-hydrogen) atoms. The molecule has 1 aromatic rings. The Bertz CT molecular complexity index is 995. The van der Waals surface area contributed by atoms with Crippen LogP contribution in [-0.2, 0) is 36.1 Å². The molecule has 2 atom stereocenters. The molecule has 1 aromatic carbocycles. The maximum atomic E-state index is 12.6. The molecular weight excluding hydrogens is 474 g/mol. The summed E-state index contributed by atoms with van der Waals surface area (Å²) in [5.41, 5.74) is 7.44. The van der Waals surface area contributed by atoms with Crippen LogP contribution in [0.15, 0.2) is 35.5 Å². The Balaban J connectivity index is 1.60. The van der Waals surface area contributed by atoms with E-state index in [2.05, 4.69) is 5.32 Å². The second kappa shape index (κ2) is 10.4. The highest BCUT2D eigenvalue weighted by Crippen LogP contribution is 2.40. The van der Waals surface area contributed by atoms with Gasteiger partial charge in [0.05, 0.1) is 6.42 Å². The summed E-state index contributed by atoms with van der Waals surface area (Å²) < 4.78 is 5.27. The van der Waals surface area contributed by atoms with Gasteiger partial charge in [0.25, 0.3) is 5.91 Å². The van der Waals surface area contributed by atoms with Crippen molar-refractivity contribution in [2.75, 3.05) is 12.4 Å². The van der Waals surface area contributed by atoms with Crippen molar-refractivity contribution in [3.8, 4) is 0 Å². The minimum Gasteiger partial charge on any atom is -0.477 e. The Morgan fingerprint density at radius 1 is 1.31 bits per heavy atom. The fraction of sp³-hybridized carbons (Fsp3) is 0.350. The van der Waals surface area contributed by atoms with Crippen molar-refractivity contribution >= 4 is 63.8 Å². The minimum absolute atomic E-state index is 0.0865. The van der Waals surface area contributed by atoms with Crippen molar-refractivity contribution < 1.29 is 29.0 Å². The average molecular weight is 496 g/mol. The Morgan fingerprint density at radius 2 is 1.97 bits per heavy atom. The lowest BCUT2D eigenvalue weighted by Crippen LogP contribution is -2.70. The maximum absolute atomic E-state index is 12.6. The number of thioether (sulfide) groups is 2. The Hall–Kier alpha value is -2.57. The van der Waals surface area contributed by atoms with E-state index in [1.54, 1.807) is 0 Å². The summed E-state index contributed by atoms with van der Waals surface area (Å²) in [6, 6.07) is 6.61. The highest BCUT2D eigenvalue weighted by Gasteiger charge is 2.54. The van der Waals surface area contributed by atoms with Crippen LogP contribution < -0.4 is 11.1 Å². The number of nitrogens with one attached hydrogen (secondary N) is 1.